The van der Waals surface area contributed by atoms with E-state index in [0.717, 1.165) is 5.69 Å². The highest BCUT2D eigenvalue weighted by molar-refractivity contribution is 6.07. The summed E-state index contributed by atoms with van der Waals surface area (Å²) in [5.74, 6) is 0. The molecular weight excluding hydrogens is 615 g/mol. The molecule has 0 radical (unpaired) electrons. The van der Waals surface area contributed by atoms with Gasteiger partial charge in [-0.3, -0.25) is 0 Å². The van der Waals surface area contributed by atoms with Crippen molar-refractivity contribution in [2.45, 2.75) is 24.7 Å². The Morgan fingerprint density at radius 3 is 1.59 bits per heavy atom. The lowest BCUT2D eigenvalue weighted by Gasteiger charge is -2.44. The maximum atomic E-state index is 2.49. The van der Waals surface area contributed by atoms with E-state index in [-0.39, 0.29) is 10.8 Å². The van der Waals surface area contributed by atoms with Gasteiger partial charge in [-0.05, 0) is 114 Å². The molecule has 51 heavy (non-hydrogen) atoms. The number of benzene rings is 8. The van der Waals surface area contributed by atoms with Crippen LogP contribution >= 0.6 is 0 Å². The van der Waals surface area contributed by atoms with Crippen LogP contribution in [0.25, 0.3) is 44.2 Å². The third-order valence-corrected chi connectivity index (χ3v) is 12.0. The summed E-state index contributed by atoms with van der Waals surface area (Å²) in [6.07, 6.45) is 0. The molecule has 0 unspecified atom stereocenters. The molecule has 3 aliphatic carbocycles. The van der Waals surface area contributed by atoms with Crippen molar-refractivity contribution in [3.63, 3.8) is 0 Å². The average molecular weight is 650 g/mol. The fraction of sp³-hybridized carbons (Fsp3) is 0.0800. The van der Waals surface area contributed by atoms with Gasteiger partial charge in [-0.1, -0.05) is 153 Å². The van der Waals surface area contributed by atoms with Crippen molar-refractivity contribution in [2.24, 2.45) is 0 Å². The van der Waals surface area contributed by atoms with E-state index in [1.54, 1.807) is 0 Å². The number of anilines is 3. The van der Waals surface area contributed by atoms with E-state index in [4.69, 9.17) is 0 Å². The number of hydrogen-bond donors (Lipinski definition) is 0. The fourth-order valence-corrected chi connectivity index (χ4v) is 9.76. The second kappa shape index (κ2) is 10.2. The normalized spacial score (nSPS) is 14.8. The molecule has 11 rings (SSSR count). The minimum absolute atomic E-state index is 0.0962. The van der Waals surface area contributed by atoms with E-state index in [2.05, 4.69) is 195 Å². The van der Waals surface area contributed by atoms with Gasteiger partial charge in [-0.15, -0.1) is 0 Å². The smallest absolute Gasteiger partial charge is 0.0726 e. The highest BCUT2D eigenvalue weighted by Gasteiger charge is 2.53. The van der Waals surface area contributed by atoms with Crippen LogP contribution in [0, 0.1) is 0 Å². The zero-order chi connectivity index (χ0) is 33.9. The Hall–Kier alpha value is -6.18. The van der Waals surface area contributed by atoms with Crippen LogP contribution in [0.2, 0.25) is 0 Å². The molecule has 240 valence electrons. The molecule has 0 saturated carbocycles. The van der Waals surface area contributed by atoms with Crippen LogP contribution < -0.4 is 4.90 Å². The van der Waals surface area contributed by atoms with Gasteiger partial charge in [0.2, 0.25) is 0 Å². The van der Waals surface area contributed by atoms with Gasteiger partial charge in [0.05, 0.1) is 5.41 Å². The number of nitrogens with zero attached hydrogens (tertiary/aromatic N) is 1. The van der Waals surface area contributed by atoms with Gasteiger partial charge >= 0.3 is 0 Å². The summed E-state index contributed by atoms with van der Waals surface area (Å²) in [7, 11) is 0. The summed E-state index contributed by atoms with van der Waals surface area (Å²) in [6.45, 7) is 4.74. The molecule has 0 N–H and O–H groups in total. The van der Waals surface area contributed by atoms with Crippen molar-refractivity contribution in [3.8, 4) is 33.4 Å². The molecule has 0 bridgehead atoms. The summed E-state index contributed by atoms with van der Waals surface area (Å²) < 4.78 is 0. The van der Waals surface area contributed by atoms with Gasteiger partial charge in [0.15, 0.2) is 0 Å². The summed E-state index contributed by atoms with van der Waals surface area (Å²) >= 11 is 0. The third kappa shape index (κ3) is 3.71. The molecule has 1 spiro atoms. The molecule has 3 aliphatic rings. The lowest BCUT2D eigenvalue weighted by Crippen LogP contribution is -2.36. The zero-order valence-corrected chi connectivity index (χ0v) is 28.7. The van der Waals surface area contributed by atoms with Crippen molar-refractivity contribution in [2.75, 3.05) is 4.90 Å². The van der Waals surface area contributed by atoms with Gasteiger partial charge in [-0.25, -0.2) is 0 Å². The van der Waals surface area contributed by atoms with E-state index in [1.807, 2.05) is 0 Å². The first-order valence-corrected chi connectivity index (χ1v) is 18.0. The summed E-state index contributed by atoms with van der Waals surface area (Å²) in [6, 6.07) is 65.7. The van der Waals surface area contributed by atoms with Gasteiger partial charge < -0.3 is 4.90 Å². The Bertz CT molecular complexity index is 2670. The standard InChI is InChI=1S/C50H35N/c1-49(2)42-19-9-6-16-38(42)41-28-27-36(30-46(41)49)51(35-25-23-33(24-26-35)32-13-4-3-5-14-32)37-29-34-15-12-22-45-48(34)47(31-37)50(45)43-20-10-7-17-39(43)40-18-8-11-21-44(40)50/h3-31H,1-2H3. The Balaban J connectivity index is 1.15. The lowest BCUT2D eigenvalue weighted by molar-refractivity contribution is 0.660. The maximum absolute atomic E-state index is 2.49. The number of fused-ring (bicyclic) bond motifs is 10. The topological polar surface area (TPSA) is 3.24 Å². The molecule has 8 aromatic carbocycles. The van der Waals surface area contributed by atoms with Gasteiger partial charge in [0.1, 0.15) is 0 Å². The van der Waals surface area contributed by atoms with Crippen LogP contribution in [0.1, 0.15) is 47.2 Å². The van der Waals surface area contributed by atoms with Crippen LogP contribution in [0.15, 0.2) is 176 Å². The highest BCUT2D eigenvalue weighted by atomic mass is 15.1. The second-order valence-electron chi connectivity index (χ2n) is 14.9. The predicted octanol–water partition coefficient (Wildman–Crippen LogP) is 13.0. The summed E-state index contributed by atoms with van der Waals surface area (Å²) in [5, 5.41) is 2.67. The highest BCUT2D eigenvalue weighted by Crippen LogP contribution is 2.64. The lowest BCUT2D eigenvalue weighted by atomic mass is 9.58. The Morgan fingerprint density at radius 2 is 0.882 bits per heavy atom. The first-order valence-electron chi connectivity index (χ1n) is 18.0. The molecule has 0 atom stereocenters. The van der Waals surface area contributed by atoms with Crippen LogP contribution in [-0.2, 0) is 10.8 Å². The molecule has 0 aliphatic heterocycles. The number of rotatable bonds is 4. The largest absolute Gasteiger partial charge is 0.310 e. The predicted molar refractivity (Wildman–Crippen MR) is 212 cm³/mol. The van der Waals surface area contributed by atoms with Crippen molar-refractivity contribution in [1.29, 1.82) is 0 Å². The van der Waals surface area contributed by atoms with Crippen molar-refractivity contribution in [1.82, 2.24) is 0 Å². The van der Waals surface area contributed by atoms with E-state index in [9.17, 15) is 0 Å². The van der Waals surface area contributed by atoms with Gasteiger partial charge in [0.25, 0.3) is 0 Å². The van der Waals surface area contributed by atoms with Crippen molar-refractivity contribution in [3.05, 3.63) is 209 Å². The molecule has 0 amide bonds. The van der Waals surface area contributed by atoms with Crippen LogP contribution in [0.4, 0.5) is 17.1 Å². The van der Waals surface area contributed by atoms with Crippen molar-refractivity contribution < 1.29 is 0 Å². The molecule has 1 nitrogen and oxygen atoms in total. The minimum atomic E-state index is -0.289. The summed E-state index contributed by atoms with van der Waals surface area (Å²) in [4.78, 5) is 2.48. The minimum Gasteiger partial charge on any atom is -0.310 e. The maximum Gasteiger partial charge on any atom is 0.0726 e. The Morgan fingerprint density at radius 1 is 0.353 bits per heavy atom. The Kier molecular flexibility index (Phi) is 5.72. The zero-order valence-electron chi connectivity index (χ0n) is 28.7. The molecule has 1 heteroatoms. The van der Waals surface area contributed by atoms with E-state index in [0.29, 0.717) is 0 Å². The first-order chi connectivity index (χ1) is 25.0. The molecule has 8 aromatic rings. The molecule has 0 aromatic heterocycles. The molecular formula is C50H35N. The Labute approximate surface area is 299 Å². The first kappa shape index (κ1) is 28.6. The fourth-order valence-electron chi connectivity index (χ4n) is 9.76. The van der Waals surface area contributed by atoms with Crippen LogP contribution in [-0.4, -0.2) is 0 Å². The van der Waals surface area contributed by atoms with Crippen molar-refractivity contribution >= 4 is 27.8 Å². The number of hydrogen-bond acceptors (Lipinski definition) is 1. The quantitative estimate of drug-likeness (QED) is 0.183. The summed E-state index contributed by atoms with van der Waals surface area (Å²) in [5.41, 5.74) is 19.3. The second-order valence-corrected chi connectivity index (χ2v) is 14.9. The van der Waals surface area contributed by atoms with Crippen LogP contribution in [0.3, 0.4) is 0 Å². The molecule has 0 saturated heterocycles. The van der Waals surface area contributed by atoms with Gasteiger partial charge in [-0.2, -0.15) is 0 Å². The van der Waals surface area contributed by atoms with E-state index in [1.165, 1.54) is 88.9 Å². The molecule has 0 fully saturated rings. The third-order valence-electron chi connectivity index (χ3n) is 12.0. The average Bonchev–Trinajstić information content (AvgIpc) is 3.62. The van der Waals surface area contributed by atoms with E-state index < -0.39 is 0 Å². The monoisotopic (exact) mass is 649 g/mol. The van der Waals surface area contributed by atoms with Gasteiger partial charge in [0, 0.05) is 22.5 Å². The van der Waals surface area contributed by atoms with E-state index >= 15 is 0 Å². The molecule has 0 heterocycles. The SMILES string of the molecule is CC1(C)c2ccccc2-c2ccc(N(c3ccc(-c4ccccc4)cc3)c3cc4c5c(cccc5c3)C43c4ccccc4-c4ccccc43)cc21. The van der Waals surface area contributed by atoms with Crippen LogP contribution in [0.5, 0.6) is 0 Å².